The highest BCUT2D eigenvalue weighted by atomic mass is 16.3. The number of hydrogen-bond donors (Lipinski definition) is 1. The van der Waals surface area contributed by atoms with Crippen LogP contribution >= 0.6 is 0 Å². The van der Waals surface area contributed by atoms with Crippen LogP contribution in [-0.2, 0) is 0 Å². The second-order valence-electron chi connectivity index (χ2n) is 3.86. The minimum Gasteiger partial charge on any atom is -0.512 e. The van der Waals surface area contributed by atoms with E-state index in [9.17, 15) is 5.11 Å². The molecule has 0 aromatic heterocycles. The van der Waals surface area contributed by atoms with Crippen LogP contribution in [0, 0.1) is 11.8 Å². The molecular formula is C10H16O. The molecule has 2 aliphatic carbocycles. The molecule has 0 radical (unpaired) electrons. The molecular weight excluding hydrogens is 136 g/mol. The smallest absolute Gasteiger partial charge is 0.0916 e. The van der Waals surface area contributed by atoms with Gasteiger partial charge >= 0.3 is 0 Å². The van der Waals surface area contributed by atoms with Crippen molar-refractivity contribution in [3.05, 3.63) is 11.8 Å². The quantitative estimate of drug-likeness (QED) is 0.565. The fourth-order valence-electron chi connectivity index (χ4n) is 2.54. The molecule has 2 rings (SSSR count). The summed E-state index contributed by atoms with van der Waals surface area (Å²) in [5, 5.41) is 9.57. The van der Waals surface area contributed by atoms with Crippen LogP contribution in [0.15, 0.2) is 11.8 Å². The topological polar surface area (TPSA) is 20.2 Å². The molecule has 0 aromatic rings. The lowest BCUT2D eigenvalue weighted by molar-refractivity contribution is 0.178. The van der Waals surface area contributed by atoms with Gasteiger partial charge in [-0.1, -0.05) is 12.8 Å². The Labute approximate surface area is 68.1 Å². The van der Waals surface area contributed by atoms with Gasteiger partial charge in [0.2, 0.25) is 0 Å². The van der Waals surface area contributed by atoms with Gasteiger partial charge in [-0.25, -0.2) is 0 Å². The van der Waals surface area contributed by atoms with E-state index in [1.54, 1.807) is 0 Å². The van der Waals surface area contributed by atoms with Gasteiger partial charge in [-0.3, -0.25) is 0 Å². The Morgan fingerprint density at radius 2 is 2.00 bits per heavy atom. The molecule has 1 fully saturated rings. The first-order valence-corrected chi connectivity index (χ1v) is 4.77. The molecule has 11 heavy (non-hydrogen) atoms. The van der Waals surface area contributed by atoms with Crippen molar-refractivity contribution in [2.45, 2.75) is 38.5 Å². The maximum Gasteiger partial charge on any atom is 0.0916 e. The van der Waals surface area contributed by atoms with E-state index in [4.69, 9.17) is 0 Å². The monoisotopic (exact) mass is 152 g/mol. The maximum atomic E-state index is 9.57. The highest BCUT2D eigenvalue weighted by molar-refractivity contribution is 5.04. The first-order chi connectivity index (χ1) is 5.38. The average molecular weight is 152 g/mol. The molecule has 1 heteroatoms. The Bertz CT molecular complexity index is 172. The van der Waals surface area contributed by atoms with Crippen molar-refractivity contribution in [3.8, 4) is 0 Å². The van der Waals surface area contributed by atoms with Gasteiger partial charge in [0.1, 0.15) is 0 Å². The Morgan fingerprint density at radius 3 is 2.82 bits per heavy atom. The van der Waals surface area contributed by atoms with E-state index in [1.165, 1.54) is 32.1 Å². The molecule has 0 heterocycles. The van der Waals surface area contributed by atoms with Gasteiger partial charge in [0.05, 0.1) is 5.76 Å². The Hall–Kier alpha value is -0.460. The predicted molar refractivity (Wildman–Crippen MR) is 45.4 cm³/mol. The SMILES string of the molecule is OC1=CCC[C@H]2CCCC[C@H]12. The summed E-state index contributed by atoms with van der Waals surface area (Å²) in [5.74, 6) is 2.05. The van der Waals surface area contributed by atoms with Crippen molar-refractivity contribution >= 4 is 0 Å². The van der Waals surface area contributed by atoms with E-state index in [1.807, 2.05) is 6.08 Å². The molecule has 0 saturated heterocycles. The van der Waals surface area contributed by atoms with E-state index in [0.29, 0.717) is 11.7 Å². The summed E-state index contributed by atoms with van der Waals surface area (Å²) in [5.41, 5.74) is 0. The Balaban J connectivity index is 2.11. The van der Waals surface area contributed by atoms with Gasteiger partial charge in [0.25, 0.3) is 0 Å². The van der Waals surface area contributed by atoms with Crippen molar-refractivity contribution in [2.24, 2.45) is 11.8 Å². The van der Waals surface area contributed by atoms with E-state index in [2.05, 4.69) is 0 Å². The molecule has 2 aliphatic rings. The van der Waals surface area contributed by atoms with Gasteiger partial charge in [-0.05, 0) is 37.7 Å². The highest BCUT2D eigenvalue weighted by Crippen LogP contribution is 2.39. The van der Waals surface area contributed by atoms with Crippen molar-refractivity contribution in [2.75, 3.05) is 0 Å². The molecule has 0 aromatic carbocycles. The Kier molecular flexibility index (Phi) is 1.89. The predicted octanol–water partition coefficient (Wildman–Crippen LogP) is 3.03. The minimum absolute atomic E-state index is 0.539. The van der Waals surface area contributed by atoms with Crippen LogP contribution in [0.4, 0.5) is 0 Å². The molecule has 1 N–H and O–H groups in total. The summed E-state index contributed by atoms with van der Waals surface area (Å²) in [6.45, 7) is 0. The summed E-state index contributed by atoms with van der Waals surface area (Å²) >= 11 is 0. The summed E-state index contributed by atoms with van der Waals surface area (Å²) in [6, 6.07) is 0. The summed E-state index contributed by atoms with van der Waals surface area (Å²) in [6.07, 6.45) is 9.72. The van der Waals surface area contributed by atoms with Crippen molar-refractivity contribution in [1.82, 2.24) is 0 Å². The van der Waals surface area contributed by atoms with E-state index in [-0.39, 0.29) is 0 Å². The van der Waals surface area contributed by atoms with E-state index >= 15 is 0 Å². The molecule has 0 aliphatic heterocycles. The fourth-order valence-corrected chi connectivity index (χ4v) is 2.54. The standard InChI is InChI=1S/C10H16O/c11-10-7-3-5-8-4-1-2-6-9(8)10/h7-9,11H,1-6H2/t8-,9+/m1/s1. The van der Waals surface area contributed by atoms with E-state index in [0.717, 1.165) is 12.3 Å². The van der Waals surface area contributed by atoms with Gasteiger partial charge < -0.3 is 5.11 Å². The first-order valence-electron chi connectivity index (χ1n) is 4.77. The van der Waals surface area contributed by atoms with Gasteiger partial charge in [0.15, 0.2) is 0 Å². The van der Waals surface area contributed by atoms with Crippen LogP contribution in [0.25, 0.3) is 0 Å². The zero-order valence-corrected chi connectivity index (χ0v) is 6.92. The molecule has 0 spiro atoms. The minimum atomic E-state index is 0.539. The maximum absolute atomic E-state index is 9.57. The number of rotatable bonds is 0. The van der Waals surface area contributed by atoms with Gasteiger partial charge in [-0.15, -0.1) is 0 Å². The van der Waals surface area contributed by atoms with Crippen LogP contribution in [0.2, 0.25) is 0 Å². The highest BCUT2D eigenvalue weighted by Gasteiger charge is 2.29. The summed E-state index contributed by atoms with van der Waals surface area (Å²) in [4.78, 5) is 0. The van der Waals surface area contributed by atoms with Crippen LogP contribution < -0.4 is 0 Å². The molecule has 0 unspecified atom stereocenters. The average Bonchev–Trinajstić information content (AvgIpc) is 2.06. The van der Waals surface area contributed by atoms with Crippen LogP contribution in [0.3, 0.4) is 0 Å². The third kappa shape index (κ3) is 1.29. The molecule has 1 saturated carbocycles. The van der Waals surface area contributed by atoms with Crippen molar-refractivity contribution < 1.29 is 5.11 Å². The second kappa shape index (κ2) is 2.88. The normalized spacial score (nSPS) is 37.6. The van der Waals surface area contributed by atoms with Crippen LogP contribution in [-0.4, -0.2) is 5.11 Å². The molecule has 0 bridgehead atoms. The Morgan fingerprint density at radius 1 is 1.18 bits per heavy atom. The van der Waals surface area contributed by atoms with Crippen molar-refractivity contribution in [3.63, 3.8) is 0 Å². The lowest BCUT2D eigenvalue weighted by Crippen LogP contribution is -2.23. The number of aliphatic hydroxyl groups excluding tert-OH is 1. The van der Waals surface area contributed by atoms with Crippen LogP contribution in [0.1, 0.15) is 38.5 Å². The largest absolute Gasteiger partial charge is 0.512 e. The van der Waals surface area contributed by atoms with E-state index < -0.39 is 0 Å². The fraction of sp³-hybridized carbons (Fsp3) is 0.800. The zero-order chi connectivity index (χ0) is 7.68. The van der Waals surface area contributed by atoms with Gasteiger partial charge in [0, 0.05) is 5.92 Å². The molecule has 1 nitrogen and oxygen atoms in total. The second-order valence-corrected chi connectivity index (χ2v) is 3.86. The van der Waals surface area contributed by atoms with Crippen LogP contribution in [0.5, 0.6) is 0 Å². The molecule has 2 atom stereocenters. The summed E-state index contributed by atoms with van der Waals surface area (Å²) in [7, 11) is 0. The number of fused-ring (bicyclic) bond motifs is 1. The first kappa shape index (κ1) is 7.20. The summed E-state index contributed by atoms with van der Waals surface area (Å²) < 4.78 is 0. The lowest BCUT2D eigenvalue weighted by atomic mass is 9.73. The van der Waals surface area contributed by atoms with Gasteiger partial charge in [-0.2, -0.15) is 0 Å². The number of hydrogen-bond acceptors (Lipinski definition) is 1. The number of aliphatic hydroxyl groups is 1. The lowest BCUT2D eigenvalue weighted by Gasteiger charge is -2.33. The number of allylic oxidation sites excluding steroid dienone is 2. The van der Waals surface area contributed by atoms with Crippen molar-refractivity contribution in [1.29, 1.82) is 0 Å². The molecule has 62 valence electrons. The third-order valence-electron chi connectivity index (χ3n) is 3.18. The zero-order valence-electron chi connectivity index (χ0n) is 6.92. The third-order valence-corrected chi connectivity index (χ3v) is 3.18. The molecule has 0 amide bonds.